The van der Waals surface area contributed by atoms with E-state index in [-0.39, 0.29) is 5.54 Å². The lowest BCUT2D eigenvalue weighted by Gasteiger charge is -2.35. The second-order valence-corrected chi connectivity index (χ2v) is 5.28. The van der Waals surface area contributed by atoms with Gasteiger partial charge in [0.1, 0.15) is 0 Å². The topological polar surface area (TPSA) is 21.3 Å². The summed E-state index contributed by atoms with van der Waals surface area (Å²) in [5.41, 5.74) is 2.99. The molecule has 0 radical (unpaired) electrons. The highest BCUT2D eigenvalue weighted by molar-refractivity contribution is 9.10. The highest BCUT2D eigenvalue weighted by Crippen LogP contribution is 2.39. The van der Waals surface area contributed by atoms with Crippen molar-refractivity contribution in [2.45, 2.75) is 18.4 Å². The molecule has 1 atom stereocenters. The van der Waals surface area contributed by atoms with Crippen LogP contribution in [-0.2, 0) is 16.7 Å². The lowest BCUT2D eigenvalue weighted by atomic mass is 9.92. The van der Waals surface area contributed by atoms with Crippen molar-refractivity contribution in [1.29, 1.82) is 0 Å². The first-order valence-electron chi connectivity index (χ1n) is 5.42. The number of halogens is 1. The van der Waals surface area contributed by atoms with E-state index in [1.165, 1.54) is 24.0 Å². The number of aryl methyl sites for hydroxylation is 1. The van der Waals surface area contributed by atoms with Gasteiger partial charge in [-0.15, -0.1) is 0 Å². The molecule has 3 rings (SSSR count). The summed E-state index contributed by atoms with van der Waals surface area (Å²) < 4.78 is 6.79. The molecule has 80 valence electrons. The zero-order valence-electron chi connectivity index (χ0n) is 8.55. The summed E-state index contributed by atoms with van der Waals surface area (Å²) in [7, 11) is 0. The van der Waals surface area contributed by atoms with E-state index in [1.54, 1.807) is 0 Å². The Hall–Kier alpha value is -0.380. The predicted octanol–water partition coefficient (Wildman–Crippen LogP) is 2.21. The molecule has 1 aromatic carbocycles. The monoisotopic (exact) mass is 267 g/mol. The average molecular weight is 268 g/mol. The highest BCUT2D eigenvalue weighted by Gasteiger charge is 2.40. The van der Waals surface area contributed by atoms with Gasteiger partial charge in [0.25, 0.3) is 0 Å². The van der Waals surface area contributed by atoms with Gasteiger partial charge in [-0.25, -0.2) is 0 Å². The van der Waals surface area contributed by atoms with E-state index in [4.69, 9.17) is 4.74 Å². The Morgan fingerprint density at radius 3 is 3.13 bits per heavy atom. The number of hydrogen-bond donors (Lipinski definition) is 1. The third-order valence-corrected chi connectivity index (χ3v) is 3.96. The van der Waals surface area contributed by atoms with E-state index in [0.717, 1.165) is 24.2 Å². The quantitative estimate of drug-likeness (QED) is 0.779. The number of rotatable bonds is 0. The molecule has 1 aliphatic carbocycles. The normalized spacial score (nSPS) is 29.4. The molecule has 2 aliphatic rings. The molecule has 0 saturated carbocycles. The molecule has 1 saturated heterocycles. The van der Waals surface area contributed by atoms with Gasteiger partial charge < -0.3 is 10.1 Å². The standard InChI is InChI=1S/C12H14BrNO/c13-10-2-1-9-3-4-12(11(9)7-10)8-15-6-5-14-12/h1-2,7,14H,3-6,8H2/t12-/m0/s1. The fourth-order valence-electron chi connectivity index (χ4n) is 2.69. The first kappa shape index (κ1) is 9.82. The van der Waals surface area contributed by atoms with Gasteiger partial charge in [0.05, 0.1) is 18.8 Å². The Morgan fingerprint density at radius 2 is 2.33 bits per heavy atom. The molecule has 1 spiro atoms. The van der Waals surface area contributed by atoms with Crippen LogP contribution in [0.5, 0.6) is 0 Å². The van der Waals surface area contributed by atoms with Gasteiger partial charge in [0, 0.05) is 11.0 Å². The van der Waals surface area contributed by atoms with Crippen molar-refractivity contribution in [3.05, 3.63) is 33.8 Å². The maximum Gasteiger partial charge on any atom is 0.0691 e. The van der Waals surface area contributed by atoms with Crippen LogP contribution in [0.4, 0.5) is 0 Å². The summed E-state index contributed by atoms with van der Waals surface area (Å²) in [4.78, 5) is 0. The van der Waals surface area contributed by atoms with E-state index in [9.17, 15) is 0 Å². The van der Waals surface area contributed by atoms with E-state index >= 15 is 0 Å². The number of morpholine rings is 1. The van der Waals surface area contributed by atoms with Crippen LogP contribution in [-0.4, -0.2) is 19.8 Å². The first-order valence-corrected chi connectivity index (χ1v) is 6.21. The van der Waals surface area contributed by atoms with Gasteiger partial charge in [-0.05, 0) is 36.1 Å². The maximum absolute atomic E-state index is 5.63. The molecular weight excluding hydrogens is 254 g/mol. The molecule has 15 heavy (non-hydrogen) atoms. The van der Waals surface area contributed by atoms with Gasteiger partial charge in [-0.1, -0.05) is 22.0 Å². The van der Waals surface area contributed by atoms with Crippen LogP contribution in [0.25, 0.3) is 0 Å². The Kier molecular flexibility index (Phi) is 2.34. The molecule has 1 N–H and O–H groups in total. The second kappa shape index (κ2) is 3.58. The van der Waals surface area contributed by atoms with Crippen LogP contribution in [0.3, 0.4) is 0 Å². The van der Waals surface area contributed by atoms with Crippen molar-refractivity contribution < 1.29 is 4.74 Å². The lowest BCUT2D eigenvalue weighted by molar-refractivity contribution is 0.0260. The van der Waals surface area contributed by atoms with Gasteiger partial charge in [0.2, 0.25) is 0 Å². The molecule has 0 bridgehead atoms. The number of hydrogen-bond acceptors (Lipinski definition) is 2. The van der Waals surface area contributed by atoms with Crippen molar-refractivity contribution in [3.63, 3.8) is 0 Å². The van der Waals surface area contributed by atoms with E-state index in [1.807, 2.05) is 0 Å². The molecule has 0 aromatic heterocycles. The zero-order chi connectivity index (χ0) is 10.3. The molecule has 0 amide bonds. The minimum atomic E-state index is 0.0946. The van der Waals surface area contributed by atoms with Gasteiger partial charge in [0.15, 0.2) is 0 Å². The van der Waals surface area contributed by atoms with Gasteiger partial charge in [-0.3, -0.25) is 0 Å². The third kappa shape index (κ3) is 1.53. The molecule has 1 aromatic rings. The first-order chi connectivity index (χ1) is 7.30. The van der Waals surface area contributed by atoms with Crippen LogP contribution >= 0.6 is 15.9 Å². The molecule has 1 heterocycles. The second-order valence-electron chi connectivity index (χ2n) is 4.36. The van der Waals surface area contributed by atoms with Crippen molar-refractivity contribution in [3.8, 4) is 0 Å². The predicted molar refractivity (Wildman–Crippen MR) is 63.0 cm³/mol. The van der Waals surface area contributed by atoms with Crippen molar-refractivity contribution in [2.24, 2.45) is 0 Å². The lowest BCUT2D eigenvalue weighted by Crippen LogP contribution is -2.50. The SMILES string of the molecule is Brc1ccc2c(c1)[C@]1(CC2)COCCN1. The molecule has 1 fully saturated rings. The summed E-state index contributed by atoms with van der Waals surface area (Å²) in [5, 5.41) is 3.63. The molecule has 3 heteroatoms. The number of benzene rings is 1. The summed E-state index contributed by atoms with van der Waals surface area (Å²) in [6.07, 6.45) is 2.33. The Bertz CT molecular complexity index is 380. The number of ether oxygens (including phenoxy) is 1. The van der Waals surface area contributed by atoms with Crippen LogP contribution in [0.1, 0.15) is 17.5 Å². The fraction of sp³-hybridized carbons (Fsp3) is 0.500. The summed E-state index contributed by atoms with van der Waals surface area (Å²) >= 11 is 3.55. The minimum Gasteiger partial charge on any atom is -0.378 e. The number of nitrogens with one attached hydrogen (secondary N) is 1. The summed E-state index contributed by atoms with van der Waals surface area (Å²) in [5.74, 6) is 0. The van der Waals surface area contributed by atoms with Crippen molar-refractivity contribution in [1.82, 2.24) is 5.32 Å². The highest BCUT2D eigenvalue weighted by atomic mass is 79.9. The fourth-order valence-corrected chi connectivity index (χ4v) is 3.05. The Labute approximate surface area is 98.1 Å². The van der Waals surface area contributed by atoms with Crippen LogP contribution in [0.15, 0.2) is 22.7 Å². The molecule has 1 aliphatic heterocycles. The van der Waals surface area contributed by atoms with Gasteiger partial charge >= 0.3 is 0 Å². The average Bonchev–Trinajstić information content (AvgIpc) is 2.59. The Morgan fingerprint density at radius 1 is 1.40 bits per heavy atom. The summed E-state index contributed by atoms with van der Waals surface area (Å²) in [6.45, 7) is 2.62. The van der Waals surface area contributed by atoms with E-state index in [0.29, 0.717) is 0 Å². The maximum atomic E-state index is 5.63. The number of fused-ring (bicyclic) bond motifs is 2. The van der Waals surface area contributed by atoms with Crippen molar-refractivity contribution in [2.75, 3.05) is 19.8 Å². The van der Waals surface area contributed by atoms with E-state index in [2.05, 4.69) is 39.4 Å². The molecule has 2 nitrogen and oxygen atoms in total. The van der Waals surface area contributed by atoms with Crippen LogP contribution < -0.4 is 5.32 Å². The van der Waals surface area contributed by atoms with Gasteiger partial charge in [-0.2, -0.15) is 0 Å². The van der Waals surface area contributed by atoms with Crippen LogP contribution in [0.2, 0.25) is 0 Å². The molecular formula is C12H14BrNO. The largest absolute Gasteiger partial charge is 0.378 e. The minimum absolute atomic E-state index is 0.0946. The van der Waals surface area contributed by atoms with E-state index < -0.39 is 0 Å². The van der Waals surface area contributed by atoms with Crippen molar-refractivity contribution >= 4 is 15.9 Å². The molecule has 0 unspecified atom stereocenters. The van der Waals surface area contributed by atoms with Crippen LogP contribution in [0, 0.1) is 0 Å². The third-order valence-electron chi connectivity index (χ3n) is 3.47. The Balaban J connectivity index is 2.05. The zero-order valence-corrected chi connectivity index (χ0v) is 10.1. The smallest absolute Gasteiger partial charge is 0.0691 e. The summed E-state index contributed by atoms with van der Waals surface area (Å²) in [6, 6.07) is 6.59.